The summed E-state index contributed by atoms with van der Waals surface area (Å²) in [4.78, 5) is 7.82. The van der Waals surface area contributed by atoms with E-state index < -0.39 is 30.3 Å². The molecule has 2 rings (SSSR count). The fourth-order valence-corrected chi connectivity index (χ4v) is 2.37. The second-order valence-corrected chi connectivity index (χ2v) is 6.20. The van der Waals surface area contributed by atoms with Gasteiger partial charge < -0.3 is 15.4 Å². The predicted molar refractivity (Wildman–Crippen MR) is 90.6 cm³/mol. The molecule has 0 aliphatic heterocycles. The van der Waals surface area contributed by atoms with Gasteiger partial charge in [0.2, 0.25) is 0 Å². The van der Waals surface area contributed by atoms with Gasteiger partial charge in [0.25, 0.3) is 0 Å². The van der Waals surface area contributed by atoms with Crippen LogP contribution in [-0.4, -0.2) is 26.3 Å². The highest BCUT2D eigenvalue weighted by atomic mass is 19.4. The predicted octanol–water partition coefficient (Wildman–Crippen LogP) is 4.07. The van der Waals surface area contributed by atoms with Crippen LogP contribution in [0.3, 0.4) is 0 Å². The minimum atomic E-state index is -4.66. The molecule has 0 radical (unpaired) electrons. The van der Waals surface area contributed by atoms with Gasteiger partial charge in [-0.1, -0.05) is 20.4 Å². The first-order valence-corrected chi connectivity index (χ1v) is 7.90. The number of aliphatic hydroxyl groups is 1. The van der Waals surface area contributed by atoms with E-state index in [1.165, 1.54) is 17.0 Å². The van der Waals surface area contributed by atoms with Crippen molar-refractivity contribution in [1.82, 2.24) is 14.5 Å². The molecule has 142 valence electrons. The second kappa shape index (κ2) is 7.45. The number of nitrogens with zero attached hydrogens (tertiary/aromatic N) is 3. The van der Waals surface area contributed by atoms with Gasteiger partial charge >= 0.3 is 6.18 Å². The lowest BCUT2D eigenvalue weighted by molar-refractivity contribution is -0.137. The number of allylic oxidation sites excluding steroid dienone is 1. The Bertz CT molecular complexity index is 799. The van der Waals surface area contributed by atoms with Crippen LogP contribution < -0.4 is 5.73 Å². The number of halogens is 4. The molecule has 26 heavy (non-hydrogen) atoms. The van der Waals surface area contributed by atoms with Crippen molar-refractivity contribution in [2.45, 2.75) is 32.5 Å². The van der Waals surface area contributed by atoms with Gasteiger partial charge in [0.1, 0.15) is 17.7 Å². The van der Waals surface area contributed by atoms with Crippen LogP contribution in [0.15, 0.2) is 25.0 Å². The Hall–Kier alpha value is -2.42. The Kier molecular flexibility index (Phi) is 5.70. The molecule has 0 fully saturated rings. The molecule has 0 aliphatic carbocycles. The first-order valence-electron chi connectivity index (χ1n) is 7.90. The molecule has 1 unspecified atom stereocenters. The molecule has 0 amide bonds. The van der Waals surface area contributed by atoms with E-state index in [1.54, 1.807) is 13.8 Å². The zero-order chi connectivity index (χ0) is 19.6. The number of imidazole rings is 1. The van der Waals surface area contributed by atoms with E-state index in [0.717, 1.165) is 6.07 Å². The number of pyridine rings is 1. The van der Waals surface area contributed by atoms with Crippen molar-refractivity contribution in [2.75, 3.05) is 12.4 Å². The third-order valence-corrected chi connectivity index (χ3v) is 3.87. The van der Waals surface area contributed by atoms with Crippen LogP contribution >= 0.6 is 0 Å². The topological polar surface area (TPSA) is 77.0 Å². The van der Waals surface area contributed by atoms with Gasteiger partial charge in [-0.25, -0.2) is 9.97 Å². The third kappa shape index (κ3) is 4.04. The molecule has 2 heterocycles. The lowest BCUT2D eigenvalue weighted by atomic mass is 10.1. The first kappa shape index (κ1) is 19.9. The summed E-state index contributed by atoms with van der Waals surface area (Å²) in [7, 11) is 0. The molecular formula is C17H20F4N4O. The highest BCUT2D eigenvalue weighted by Crippen LogP contribution is 2.35. The summed E-state index contributed by atoms with van der Waals surface area (Å²) in [6.07, 6.45) is -3.08. The van der Waals surface area contributed by atoms with Crippen LogP contribution in [0.1, 0.15) is 37.8 Å². The Morgan fingerprint density at radius 1 is 1.38 bits per heavy atom. The monoisotopic (exact) mass is 372 g/mol. The maximum absolute atomic E-state index is 13.1. The molecule has 9 heteroatoms. The zero-order valence-corrected chi connectivity index (χ0v) is 14.4. The SMILES string of the molecule is C=C(CCF)n1cc(-c2cnc(N)c(C(F)(F)F)c2)nc1C(O)C(C)C. The van der Waals surface area contributed by atoms with Crippen LogP contribution in [0.2, 0.25) is 0 Å². The molecule has 2 aromatic rings. The van der Waals surface area contributed by atoms with Crippen LogP contribution in [0.5, 0.6) is 0 Å². The van der Waals surface area contributed by atoms with Crippen molar-refractivity contribution in [3.63, 3.8) is 0 Å². The van der Waals surface area contributed by atoms with Gasteiger partial charge in [0, 0.05) is 30.1 Å². The van der Waals surface area contributed by atoms with E-state index >= 15 is 0 Å². The van der Waals surface area contributed by atoms with E-state index in [9.17, 15) is 22.7 Å². The summed E-state index contributed by atoms with van der Waals surface area (Å²) < 4.78 is 53.2. The normalized spacial score (nSPS) is 13.2. The van der Waals surface area contributed by atoms with Gasteiger partial charge in [0.05, 0.1) is 17.9 Å². The number of nitrogens with two attached hydrogens (primary N) is 1. The number of rotatable bonds is 6. The van der Waals surface area contributed by atoms with Crippen LogP contribution in [0.25, 0.3) is 17.0 Å². The van der Waals surface area contributed by atoms with E-state index in [2.05, 4.69) is 16.5 Å². The molecule has 3 N–H and O–H groups in total. The maximum Gasteiger partial charge on any atom is 0.419 e. The Labute approximate surface area is 148 Å². The molecular weight excluding hydrogens is 352 g/mol. The van der Waals surface area contributed by atoms with Crippen molar-refractivity contribution >= 4 is 11.5 Å². The van der Waals surface area contributed by atoms with E-state index in [0.29, 0.717) is 5.70 Å². The zero-order valence-electron chi connectivity index (χ0n) is 14.4. The average Bonchev–Trinajstić information content (AvgIpc) is 2.98. The number of hydrogen-bond acceptors (Lipinski definition) is 4. The summed E-state index contributed by atoms with van der Waals surface area (Å²) >= 11 is 0. The van der Waals surface area contributed by atoms with Crippen molar-refractivity contribution in [3.05, 3.63) is 36.4 Å². The summed E-state index contributed by atoms with van der Waals surface area (Å²) in [5.41, 5.74) is 4.80. The minimum absolute atomic E-state index is 0.00139. The standard InChI is InChI=1S/C17H20F4N4O/c1-9(2)14(26)16-24-13(8-25(16)10(3)4-5-18)11-6-12(17(19,20)21)15(22)23-7-11/h6-9,14,26H,3-5H2,1-2H3,(H2,22,23). The fraction of sp³-hybridized carbons (Fsp3) is 0.412. The minimum Gasteiger partial charge on any atom is -0.385 e. The molecule has 0 aliphatic rings. The van der Waals surface area contributed by atoms with Gasteiger partial charge in [-0.2, -0.15) is 13.2 Å². The summed E-state index contributed by atoms with van der Waals surface area (Å²) in [5, 5.41) is 10.4. The molecule has 0 saturated heterocycles. The molecule has 1 atom stereocenters. The quantitative estimate of drug-likeness (QED) is 0.750. The molecule has 2 aromatic heterocycles. The Morgan fingerprint density at radius 3 is 2.58 bits per heavy atom. The lowest BCUT2D eigenvalue weighted by Crippen LogP contribution is -2.13. The molecule has 5 nitrogen and oxygen atoms in total. The largest absolute Gasteiger partial charge is 0.419 e. The third-order valence-electron chi connectivity index (χ3n) is 3.87. The average molecular weight is 372 g/mol. The van der Waals surface area contributed by atoms with Gasteiger partial charge in [-0.3, -0.25) is 4.39 Å². The van der Waals surface area contributed by atoms with Gasteiger partial charge in [-0.05, 0) is 12.0 Å². The second-order valence-electron chi connectivity index (χ2n) is 6.20. The highest BCUT2D eigenvalue weighted by Gasteiger charge is 2.34. The number of alkyl halides is 4. The smallest absolute Gasteiger partial charge is 0.385 e. The van der Waals surface area contributed by atoms with E-state index in [1.807, 2.05) is 0 Å². The molecule has 0 bridgehead atoms. The van der Waals surface area contributed by atoms with Crippen LogP contribution in [0.4, 0.5) is 23.4 Å². The number of hydrogen-bond donors (Lipinski definition) is 2. The maximum atomic E-state index is 13.1. The molecule has 0 saturated carbocycles. The first-order chi connectivity index (χ1) is 12.1. The summed E-state index contributed by atoms with van der Waals surface area (Å²) in [6, 6.07) is 0.846. The lowest BCUT2D eigenvalue weighted by Gasteiger charge is -2.16. The van der Waals surface area contributed by atoms with Crippen LogP contribution in [0, 0.1) is 5.92 Å². The van der Waals surface area contributed by atoms with Crippen molar-refractivity contribution in [2.24, 2.45) is 5.92 Å². The number of aliphatic hydroxyl groups excluding tert-OH is 1. The number of anilines is 1. The number of aromatic nitrogens is 3. The highest BCUT2D eigenvalue weighted by molar-refractivity contribution is 5.63. The summed E-state index contributed by atoms with van der Waals surface area (Å²) in [6.45, 7) is 6.61. The Morgan fingerprint density at radius 2 is 2.04 bits per heavy atom. The molecule has 0 spiro atoms. The van der Waals surface area contributed by atoms with Gasteiger partial charge in [-0.15, -0.1) is 0 Å². The van der Waals surface area contributed by atoms with Gasteiger partial charge in [0.15, 0.2) is 0 Å². The van der Waals surface area contributed by atoms with E-state index in [-0.39, 0.29) is 29.4 Å². The summed E-state index contributed by atoms with van der Waals surface area (Å²) in [5.74, 6) is -0.666. The fourth-order valence-electron chi connectivity index (χ4n) is 2.37. The van der Waals surface area contributed by atoms with Crippen LogP contribution in [-0.2, 0) is 6.18 Å². The van der Waals surface area contributed by atoms with Crippen molar-refractivity contribution in [1.29, 1.82) is 0 Å². The van der Waals surface area contributed by atoms with Crippen molar-refractivity contribution < 1.29 is 22.7 Å². The van der Waals surface area contributed by atoms with E-state index in [4.69, 9.17) is 5.73 Å². The Balaban J connectivity index is 2.57. The number of nitrogen functional groups attached to an aromatic ring is 1. The van der Waals surface area contributed by atoms with Crippen molar-refractivity contribution in [3.8, 4) is 11.3 Å². The molecule has 0 aromatic carbocycles.